The molecule has 2 amide bonds. The van der Waals surface area contributed by atoms with Gasteiger partial charge >= 0.3 is 0 Å². The molecule has 1 N–H and O–H groups in total. The van der Waals surface area contributed by atoms with Crippen LogP contribution in [0.1, 0.15) is 29.5 Å². The molecule has 0 atom stereocenters. The van der Waals surface area contributed by atoms with Gasteiger partial charge < -0.3 is 15.0 Å². The molecular formula is C25H33N3O3. The number of nitrogens with zero attached hydrogens (tertiary/aromatic N) is 2. The van der Waals surface area contributed by atoms with E-state index < -0.39 is 0 Å². The summed E-state index contributed by atoms with van der Waals surface area (Å²) in [4.78, 5) is 29.2. The Morgan fingerprint density at radius 3 is 2.45 bits per heavy atom. The molecule has 6 nitrogen and oxygen atoms in total. The molecule has 6 heteroatoms. The third-order valence-electron chi connectivity index (χ3n) is 5.89. The molecule has 2 aromatic carbocycles. The largest absolute Gasteiger partial charge is 0.497 e. The van der Waals surface area contributed by atoms with Gasteiger partial charge in [-0.25, -0.2) is 0 Å². The number of aryl methyl sites for hydroxylation is 3. The van der Waals surface area contributed by atoms with E-state index in [4.69, 9.17) is 4.74 Å². The molecule has 0 unspecified atom stereocenters. The lowest BCUT2D eigenvalue weighted by atomic mass is 10.1. The number of hydrogen-bond donors (Lipinski definition) is 1. The highest BCUT2D eigenvalue weighted by atomic mass is 16.5. The van der Waals surface area contributed by atoms with Crippen molar-refractivity contribution in [1.82, 2.24) is 9.80 Å². The Bertz CT molecular complexity index is 895. The fourth-order valence-corrected chi connectivity index (χ4v) is 3.80. The molecule has 2 aromatic rings. The van der Waals surface area contributed by atoms with E-state index in [1.807, 2.05) is 54.3 Å². The van der Waals surface area contributed by atoms with Crippen LogP contribution in [0, 0.1) is 13.8 Å². The molecule has 166 valence electrons. The Hall–Kier alpha value is -2.86. The van der Waals surface area contributed by atoms with E-state index in [1.165, 1.54) is 5.56 Å². The third-order valence-corrected chi connectivity index (χ3v) is 5.89. The van der Waals surface area contributed by atoms with Gasteiger partial charge in [-0.1, -0.05) is 18.2 Å². The molecule has 0 spiro atoms. The molecule has 1 aliphatic heterocycles. The van der Waals surface area contributed by atoms with E-state index in [-0.39, 0.29) is 11.8 Å². The van der Waals surface area contributed by atoms with E-state index >= 15 is 0 Å². The zero-order chi connectivity index (χ0) is 22.2. The van der Waals surface area contributed by atoms with Crippen LogP contribution in [0.15, 0.2) is 42.5 Å². The summed E-state index contributed by atoms with van der Waals surface area (Å²) < 4.78 is 5.18. The quantitative estimate of drug-likeness (QED) is 0.741. The van der Waals surface area contributed by atoms with Crippen LogP contribution in [0.3, 0.4) is 0 Å². The Labute approximate surface area is 185 Å². The van der Waals surface area contributed by atoms with Gasteiger partial charge in [0.15, 0.2) is 0 Å². The van der Waals surface area contributed by atoms with E-state index in [9.17, 15) is 9.59 Å². The molecule has 0 radical (unpaired) electrons. The molecule has 0 aliphatic carbocycles. The van der Waals surface area contributed by atoms with Crippen molar-refractivity contribution in [3.63, 3.8) is 0 Å². The Morgan fingerprint density at radius 2 is 1.74 bits per heavy atom. The van der Waals surface area contributed by atoms with Crippen molar-refractivity contribution in [3.05, 3.63) is 59.2 Å². The summed E-state index contributed by atoms with van der Waals surface area (Å²) >= 11 is 0. The number of carbonyl (C=O) groups is 2. The van der Waals surface area contributed by atoms with Gasteiger partial charge in [0.2, 0.25) is 11.8 Å². The lowest BCUT2D eigenvalue weighted by Crippen LogP contribution is -2.38. The maximum absolute atomic E-state index is 12.7. The molecule has 1 aliphatic rings. The number of nitrogens with one attached hydrogen (secondary N) is 1. The first-order chi connectivity index (χ1) is 14.9. The van der Waals surface area contributed by atoms with Gasteiger partial charge in [0.1, 0.15) is 5.75 Å². The summed E-state index contributed by atoms with van der Waals surface area (Å²) in [7, 11) is 1.65. The van der Waals surface area contributed by atoms with Gasteiger partial charge in [-0.15, -0.1) is 0 Å². The number of benzene rings is 2. The van der Waals surface area contributed by atoms with Gasteiger partial charge in [-0.3, -0.25) is 14.5 Å². The predicted molar refractivity (Wildman–Crippen MR) is 123 cm³/mol. The monoisotopic (exact) mass is 423 g/mol. The summed E-state index contributed by atoms with van der Waals surface area (Å²) in [6.07, 6.45) is 2.10. The highest BCUT2D eigenvalue weighted by molar-refractivity contribution is 5.92. The summed E-state index contributed by atoms with van der Waals surface area (Å²) in [6.45, 7) is 7.40. The van der Waals surface area contributed by atoms with Crippen molar-refractivity contribution in [3.8, 4) is 5.75 Å². The number of amides is 2. The lowest BCUT2D eigenvalue weighted by molar-refractivity contribution is -0.131. The minimum absolute atomic E-state index is 0.0115. The number of hydrogen-bond acceptors (Lipinski definition) is 4. The molecule has 1 heterocycles. The minimum Gasteiger partial charge on any atom is -0.497 e. The standard InChI is InChI=1S/C25H33N3O3/c1-19-5-9-22(17-20(19)2)26-24(29)18-27-13-4-14-28(16-15-27)25(30)12-8-21-6-10-23(31-3)11-7-21/h5-7,9-11,17H,4,8,12-16,18H2,1-3H3,(H,26,29). The predicted octanol–water partition coefficient (Wildman–Crippen LogP) is 3.42. The summed E-state index contributed by atoms with van der Waals surface area (Å²) in [6, 6.07) is 13.8. The second kappa shape index (κ2) is 11.0. The lowest BCUT2D eigenvalue weighted by Gasteiger charge is -2.22. The zero-order valence-electron chi connectivity index (χ0n) is 18.8. The van der Waals surface area contributed by atoms with E-state index in [0.717, 1.165) is 48.5 Å². The van der Waals surface area contributed by atoms with Crippen molar-refractivity contribution in [1.29, 1.82) is 0 Å². The number of methoxy groups -OCH3 is 1. The first-order valence-corrected chi connectivity index (χ1v) is 10.9. The minimum atomic E-state index is -0.0115. The second-order valence-electron chi connectivity index (χ2n) is 8.21. The average Bonchev–Trinajstić information content (AvgIpc) is 3.00. The van der Waals surface area contributed by atoms with Crippen molar-refractivity contribution >= 4 is 17.5 Å². The maximum atomic E-state index is 12.7. The molecule has 0 bridgehead atoms. The SMILES string of the molecule is COc1ccc(CCC(=O)N2CCCN(CC(=O)Nc3ccc(C)c(C)c3)CC2)cc1. The van der Waals surface area contributed by atoms with Crippen molar-refractivity contribution < 1.29 is 14.3 Å². The Kier molecular flexibility index (Phi) is 8.06. The first-order valence-electron chi connectivity index (χ1n) is 10.9. The van der Waals surface area contributed by atoms with E-state index in [0.29, 0.717) is 26.1 Å². The van der Waals surface area contributed by atoms with E-state index in [2.05, 4.69) is 17.1 Å². The van der Waals surface area contributed by atoms with Crippen molar-refractivity contribution in [2.75, 3.05) is 45.2 Å². The van der Waals surface area contributed by atoms with Gasteiger partial charge in [-0.05, 0) is 67.6 Å². The van der Waals surface area contributed by atoms with Crippen LogP contribution in [0.5, 0.6) is 5.75 Å². The van der Waals surface area contributed by atoms with Crippen LogP contribution < -0.4 is 10.1 Å². The number of anilines is 1. The molecule has 3 rings (SSSR count). The fraction of sp³-hybridized carbons (Fsp3) is 0.440. The molecular weight excluding hydrogens is 390 g/mol. The Morgan fingerprint density at radius 1 is 0.968 bits per heavy atom. The van der Waals surface area contributed by atoms with Crippen LogP contribution in [-0.2, 0) is 16.0 Å². The summed E-state index contributed by atoms with van der Waals surface area (Å²) in [5.41, 5.74) is 4.34. The van der Waals surface area contributed by atoms with E-state index in [1.54, 1.807) is 7.11 Å². The molecule has 0 saturated carbocycles. The maximum Gasteiger partial charge on any atom is 0.238 e. The topological polar surface area (TPSA) is 61.9 Å². The van der Waals surface area contributed by atoms with Gasteiger partial charge in [-0.2, -0.15) is 0 Å². The fourth-order valence-electron chi connectivity index (χ4n) is 3.80. The number of carbonyl (C=O) groups excluding carboxylic acids is 2. The smallest absolute Gasteiger partial charge is 0.238 e. The molecule has 0 aromatic heterocycles. The highest BCUT2D eigenvalue weighted by Gasteiger charge is 2.20. The van der Waals surface area contributed by atoms with Crippen LogP contribution in [-0.4, -0.2) is 61.4 Å². The van der Waals surface area contributed by atoms with Crippen LogP contribution in [0.25, 0.3) is 0 Å². The number of rotatable bonds is 7. The molecule has 1 fully saturated rings. The summed E-state index contributed by atoms with van der Waals surface area (Å²) in [5.74, 6) is 0.990. The van der Waals surface area contributed by atoms with Crippen LogP contribution >= 0.6 is 0 Å². The average molecular weight is 424 g/mol. The third kappa shape index (κ3) is 6.82. The first kappa shape index (κ1) is 22.8. The van der Waals surface area contributed by atoms with Crippen molar-refractivity contribution in [2.24, 2.45) is 0 Å². The zero-order valence-corrected chi connectivity index (χ0v) is 18.8. The van der Waals surface area contributed by atoms with Crippen LogP contribution in [0.4, 0.5) is 5.69 Å². The Balaban J connectivity index is 1.43. The van der Waals surface area contributed by atoms with Crippen LogP contribution in [0.2, 0.25) is 0 Å². The molecule has 31 heavy (non-hydrogen) atoms. The highest BCUT2D eigenvalue weighted by Crippen LogP contribution is 2.15. The normalized spacial score (nSPS) is 14.7. The van der Waals surface area contributed by atoms with Gasteiger partial charge in [0.25, 0.3) is 0 Å². The summed E-state index contributed by atoms with van der Waals surface area (Å²) in [5, 5.41) is 2.99. The van der Waals surface area contributed by atoms with Gasteiger partial charge in [0, 0.05) is 38.3 Å². The second-order valence-corrected chi connectivity index (χ2v) is 8.21. The van der Waals surface area contributed by atoms with Gasteiger partial charge in [0.05, 0.1) is 13.7 Å². The number of ether oxygens (including phenoxy) is 1. The van der Waals surface area contributed by atoms with Crippen molar-refractivity contribution in [2.45, 2.75) is 33.1 Å². The molecule has 1 saturated heterocycles.